The molecule has 0 bridgehead atoms. The molecule has 0 aliphatic heterocycles. The molecular weight excluding hydrogens is 222 g/mol. The number of rotatable bonds is 2. The monoisotopic (exact) mass is 235 g/mol. The van der Waals surface area contributed by atoms with Crippen LogP contribution in [0.3, 0.4) is 0 Å². The fourth-order valence-corrected chi connectivity index (χ4v) is 0.423. The molecule has 0 rings (SSSR count). The van der Waals surface area contributed by atoms with Crippen LogP contribution in [0.1, 0.15) is 6.92 Å². The first-order chi connectivity index (χ1) is 6.77. The summed E-state index contributed by atoms with van der Waals surface area (Å²) in [5.74, 6) is 2.99. The van der Waals surface area contributed by atoms with E-state index in [-0.39, 0.29) is 0 Å². The van der Waals surface area contributed by atoms with Crippen molar-refractivity contribution < 1.29 is 33.5 Å². The van der Waals surface area contributed by atoms with Gasteiger partial charge in [0, 0.05) is 6.08 Å². The zero-order valence-corrected chi connectivity index (χ0v) is 9.60. The minimum absolute atomic E-state index is 1.88. The molecule has 0 saturated heterocycles. The van der Waals surface area contributed by atoms with E-state index in [9.17, 15) is 0 Å². The zero-order chi connectivity index (χ0) is 12.3. The Kier molecular flexibility index (Phi) is 10.6. The smallest absolute Gasteiger partial charge is 0.166 e. The third kappa shape index (κ3) is 43.5. The topological polar surface area (TPSA) is 95.2 Å². The maximum Gasteiger partial charge on any atom is 0.166 e. The largest absolute Gasteiger partial charge is 0.222 e. The van der Waals surface area contributed by atoms with Gasteiger partial charge in [-0.25, -0.2) is 18.6 Å². The van der Waals surface area contributed by atoms with Crippen LogP contribution in [0, 0.1) is 10.2 Å². The molecule has 0 unspecified atom stereocenters. The van der Waals surface area contributed by atoms with Crippen LogP contribution < -0.4 is 18.6 Å². The van der Waals surface area contributed by atoms with Crippen molar-refractivity contribution in [3.05, 3.63) is 30.4 Å². The van der Waals surface area contributed by atoms with E-state index >= 15 is 0 Å². The molecule has 0 aliphatic carbocycles. The van der Waals surface area contributed by atoms with Crippen LogP contribution in [0.25, 0.3) is 0 Å². The normalized spacial score (nSPS) is 10.9. The minimum atomic E-state index is -4.94. The first-order valence-electron chi connectivity index (χ1n) is 3.93. The zero-order valence-electron chi connectivity index (χ0n) is 8.84. The standard InChI is InChI=1S/C9H14N.ClHO4/c1-4-5-6-7-8-9-10(2)3;2-1(3,4)5/h4-8H,1-3H3;(H,2,3,4,5)/q+1;/p-1. The molecule has 0 aromatic carbocycles. The molecule has 0 saturated carbocycles. The highest BCUT2D eigenvalue weighted by molar-refractivity contribution is 5.49. The summed E-state index contributed by atoms with van der Waals surface area (Å²) in [6.07, 6.45) is 9.75. The molecule has 0 aliphatic rings. The molecule has 86 valence electrons. The fraction of sp³-hybridized carbons (Fsp3) is 0.333. The van der Waals surface area contributed by atoms with E-state index in [1.807, 2.05) is 56.0 Å². The minimum Gasteiger partial charge on any atom is -0.222 e. The summed E-state index contributed by atoms with van der Waals surface area (Å²) in [6, 6.07) is 0. The van der Waals surface area contributed by atoms with Crippen molar-refractivity contribution in [2.75, 3.05) is 14.1 Å². The second-order valence-electron chi connectivity index (χ2n) is 2.48. The summed E-state index contributed by atoms with van der Waals surface area (Å²) in [4.78, 5) is 0. The van der Waals surface area contributed by atoms with E-state index in [1.54, 1.807) is 0 Å². The Morgan fingerprint density at radius 2 is 1.47 bits per heavy atom. The van der Waals surface area contributed by atoms with Gasteiger partial charge in [0.25, 0.3) is 0 Å². The van der Waals surface area contributed by atoms with Crippen molar-refractivity contribution in [3.63, 3.8) is 0 Å². The SMILES string of the molecule is CC=CC=CC=C=[N+](C)C.[O-][Cl+3]([O-])([O-])[O-]. The Morgan fingerprint density at radius 3 is 1.80 bits per heavy atom. The summed E-state index contributed by atoms with van der Waals surface area (Å²) in [6.45, 7) is 1.99. The Labute approximate surface area is 91.3 Å². The van der Waals surface area contributed by atoms with Crippen LogP contribution in [0.4, 0.5) is 0 Å². The number of nitrogens with zero attached hydrogens (tertiary/aromatic N) is 1. The first-order valence-corrected chi connectivity index (χ1v) is 5.17. The molecule has 15 heavy (non-hydrogen) atoms. The second-order valence-corrected chi connectivity index (χ2v) is 3.23. The van der Waals surface area contributed by atoms with E-state index in [2.05, 4.69) is 5.87 Å². The Balaban J connectivity index is 0. The molecule has 0 radical (unpaired) electrons. The lowest BCUT2D eigenvalue weighted by molar-refractivity contribution is -2.00. The molecule has 0 spiro atoms. The Hall–Kier alpha value is -0.940. The summed E-state index contributed by atoms with van der Waals surface area (Å²) >= 11 is 0. The van der Waals surface area contributed by atoms with Crippen LogP contribution in [0.2, 0.25) is 0 Å². The quantitative estimate of drug-likeness (QED) is 0.287. The molecule has 0 atom stereocenters. The predicted octanol–water partition coefficient (Wildman–Crippen LogP) is -3.14. The van der Waals surface area contributed by atoms with Gasteiger partial charge in [0.2, 0.25) is 0 Å². The van der Waals surface area contributed by atoms with Gasteiger partial charge in [-0.15, -0.1) is 10.2 Å². The van der Waals surface area contributed by atoms with Crippen LogP contribution in [-0.2, 0) is 0 Å². The third-order valence-corrected chi connectivity index (χ3v) is 0.844. The lowest BCUT2D eigenvalue weighted by Gasteiger charge is -2.17. The molecule has 0 fully saturated rings. The lowest BCUT2D eigenvalue weighted by atomic mass is 10.4. The van der Waals surface area contributed by atoms with Crippen LogP contribution >= 0.6 is 0 Å². The van der Waals surface area contributed by atoms with Crippen LogP contribution in [0.15, 0.2) is 30.4 Å². The van der Waals surface area contributed by atoms with Gasteiger partial charge in [0.05, 0.1) is 0 Å². The first kappa shape index (κ1) is 16.5. The van der Waals surface area contributed by atoms with Gasteiger partial charge in [0.1, 0.15) is 14.1 Å². The van der Waals surface area contributed by atoms with Gasteiger partial charge in [0.15, 0.2) is 5.87 Å². The van der Waals surface area contributed by atoms with Gasteiger partial charge >= 0.3 is 0 Å². The average Bonchev–Trinajstić information content (AvgIpc) is 2.00. The molecule has 5 nitrogen and oxygen atoms in total. The molecule has 0 heterocycles. The van der Waals surface area contributed by atoms with Crippen molar-refractivity contribution in [2.24, 2.45) is 0 Å². The number of halogens is 1. The second kappa shape index (κ2) is 9.61. The molecule has 0 N–H and O–H groups in total. The summed E-state index contributed by atoms with van der Waals surface area (Å²) in [5, 5.41) is 0. The average molecular weight is 236 g/mol. The van der Waals surface area contributed by atoms with Crippen molar-refractivity contribution in [2.45, 2.75) is 6.92 Å². The van der Waals surface area contributed by atoms with Crippen LogP contribution in [-0.4, -0.2) is 24.5 Å². The summed E-state index contributed by atoms with van der Waals surface area (Å²) in [7, 11) is -1.06. The van der Waals surface area contributed by atoms with Gasteiger partial charge < -0.3 is 0 Å². The van der Waals surface area contributed by atoms with Gasteiger partial charge in [-0.05, 0) is 13.0 Å². The molecular formula is C9H14ClNO4. The molecule has 6 heteroatoms. The van der Waals surface area contributed by atoms with E-state index in [4.69, 9.17) is 18.6 Å². The highest BCUT2D eigenvalue weighted by Gasteiger charge is 1.84. The van der Waals surface area contributed by atoms with Crippen molar-refractivity contribution >= 4 is 5.87 Å². The number of hydrogen-bond acceptors (Lipinski definition) is 4. The predicted molar refractivity (Wildman–Crippen MR) is 45.6 cm³/mol. The Morgan fingerprint density at radius 1 is 1.00 bits per heavy atom. The van der Waals surface area contributed by atoms with Crippen molar-refractivity contribution in [1.82, 2.24) is 0 Å². The summed E-state index contributed by atoms with van der Waals surface area (Å²) in [5.41, 5.74) is 0. The molecule has 0 amide bonds. The van der Waals surface area contributed by atoms with E-state index < -0.39 is 10.2 Å². The number of allylic oxidation sites excluding steroid dienone is 5. The number of hydrogen-bond donors (Lipinski definition) is 0. The maximum absolute atomic E-state index is 8.49. The van der Waals surface area contributed by atoms with E-state index in [0.29, 0.717) is 0 Å². The van der Waals surface area contributed by atoms with Crippen molar-refractivity contribution in [3.8, 4) is 0 Å². The lowest BCUT2D eigenvalue weighted by Crippen LogP contribution is -2.68. The van der Waals surface area contributed by atoms with E-state index in [0.717, 1.165) is 0 Å². The van der Waals surface area contributed by atoms with E-state index in [1.165, 1.54) is 0 Å². The molecule has 0 aromatic heterocycles. The maximum atomic E-state index is 8.49. The fourth-order valence-electron chi connectivity index (χ4n) is 0.423. The highest BCUT2D eigenvalue weighted by Crippen LogP contribution is 1.74. The summed E-state index contributed by atoms with van der Waals surface area (Å²) < 4.78 is 35.8. The van der Waals surface area contributed by atoms with Gasteiger partial charge in [-0.3, -0.25) is 0 Å². The van der Waals surface area contributed by atoms with Crippen LogP contribution in [0.5, 0.6) is 0 Å². The Bertz CT molecular complexity index is 262. The highest BCUT2D eigenvalue weighted by atomic mass is 35.7. The van der Waals surface area contributed by atoms with Gasteiger partial charge in [-0.2, -0.15) is 4.58 Å². The third-order valence-electron chi connectivity index (χ3n) is 0.844. The molecule has 0 aromatic rings. The van der Waals surface area contributed by atoms with Crippen molar-refractivity contribution in [1.29, 1.82) is 0 Å². The van der Waals surface area contributed by atoms with Gasteiger partial charge in [-0.1, -0.05) is 18.2 Å².